The minimum Gasteiger partial charge on any atom is -0.469 e. The Kier molecular flexibility index (Phi) is 7.17. The summed E-state index contributed by atoms with van der Waals surface area (Å²) < 4.78 is 10.3. The monoisotopic (exact) mass is 374 g/mol. The molecule has 27 heavy (non-hydrogen) atoms. The Bertz CT molecular complexity index is 663. The van der Waals surface area contributed by atoms with Crippen LogP contribution in [0.15, 0.2) is 24.3 Å². The SMILES string of the molecule is COC(=O)[C@@H](CC(=O)C1CCCC1)Cc1ccc(OC(=O)C(C)(C)C)cc1. The molecular formula is C22H30O5. The number of carbonyl (C=O) groups is 3. The lowest BCUT2D eigenvalue weighted by molar-refractivity contribution is -0.147. The maximum absolute atomic E-state index is 12.5. The second-order valence-electron chi connectivity index (χ2n) is 8.36. The van der Waals surface area contributed by atoms with E-state index in [-0.39, 0.29) is 30.1 Å². The molecule has 0 N–H and O–H groups in total. The molecule has 5 heteroatoms. The molecule has 5 nitrogen and oxygen atoms in total. The molecule has 0 unspecified atom stereocenters. The van der Waals surface area contributed by atoms with E-state index in [1.165, 1.54) is 7.11 Å². The Balaban J connectivity index is 2.01. The van der Waals surface area contributed by atoms with Gasteiger partial charge in [-0.1, -0.05) is 25.0 Å². The van der Waals surface area contributed by atoms with Gasteiger partial charge in [0.2, 0.25) is 0 Å². The van der Waals surface area contributed by atoms with Gasteiger partial charge in [-0.15, -0.1) is 0 Å². The smallest absolute Gasteiger partial charge is 0.316 e. The number of ketones is 1. The summed E-state index contributed by atoms with van der Waals surface area (Å²) in [6.07, 6.45) is 4.69. The molecule has 1 fully saturated rings. The fourth-order valence-corrected chi connectivity index (χ4v) is 3.30. The molecule has 1 aliphatic carbocycles. The highest BCUT2D eigenvalue weighted by molar-refractivity contribution is 5.86. The van der Waals surface area contributed by atoms with Crippen LogP contribution in [0.25, 0.3) is 0 Å². The Morgan fingerprint density at radius 3 is 2.19 bits per heavy atom. The van der Waals surface area contributed by atoms with Crippen LogP contribution in [0.5, 0.6) is 5.75 Å². The third kappa shape index (κ3) is 6.19. The molecule has 1 aromatic rings. The van der Waals surface area contributed by atoms with Crippen LogP contribution in [-0.2, 0) is 25.5 Å². The molecule has 148 valence electrons. The van der Waals surface area contributed by atoms with Crippen LogP contribution in [0.3, 0.4) is 0 Å². The lowest BCUT2D eigenvalue weighted by atomic mass is 9.89. The standard InChI is InChI=1S/C22H30O5/c1-22(2,3)21(25)27-18-11-9-15(10-12-18)13-17(20(24)26-4)14-19(23)16-7-5-6-8-16/h9-12,16-17H,5-8,13-14H2,1-4H3/t17-/m1/s1. The van der Waals surface area contributed by atoms with E-state index in [1.54, 1.807) is 32.9 Å². The van der Waals surface area contributed by atoms with Crippen molar-refractivity contribution >= 4 is 17.7 Å². The Hall–Kier alpha value is -2.17. The van der Waals surface area contributed by atoms with Gasteiger partial charge in [-0.25, -0.2) is 0 Å². The van der Waals surface area contributed by atoms with E-state index in [1.807, 2.05) is 12.1 Å². The number of hydrogen-bond donors (Lipinski definition) is 0. The third-order valence-corrected chi connectivity index (χ3v) is 5.02. The fraction of sp³-hybridized carbons (Fsp3) is 0.591. The molecule has 0 amide bonds. The van der Waals surface area contributed by atoms with Crippen molar-refractivity contribution in [3.8, 4) is 5.75 Å². The lowest BCUT2D eigenvalue weighted by Crippen LogP contribution is -2.25. The van der Waals surface area contributed by atoms with E-state index in [2.05, 4.69) is 0 Å². The first kappa shape index (κ1) is 21.1. The van der Waals surface area contributed by atoms with E-state index in [0.29, 0.717) is 12.2 Å². The van der Waals surface area contributed by atoms with Gasteiger partial charge in [0.1, 0.15) is 11.5 Å². The van der Waals surface area contributed by atoms with Crippen molar-refractivity contribution in [1.82, 2.24) is 0 Å². The average Bonchev–Trinajstić information content (AvgIpc) is 3.16. The highest BCUT2D eigenvalue weighted by Crippen LogP contribution is 2.29. The number of esters is 2. The molecule has 0 radical (unpaired) electrons. The molecule has 1 saturated carbocycles. The molecule has 2 rings (SSSR count). The van der Waals surface area contributed by atoms with E-state index in [0.717, 1.165) is 31.2 Å². The Labute approximate surface area is 161 Å². The molecule has 1 aromatic carbocycles. The van der Waals surface area contributed by atoms with Crippen LogP contribution in [-0.4, -0.2) is 24.8 Å². The normalized spacial score (nSPS) is 16.0. The van der Waals surface area contributed by atoms with Crippen LogP contribution in [0.2, 0.25) is 0 Å². The van der Waals surface area contributed by atoms with Gasteiger partial charge < -0.3 is 9.47 Å². The maximum atomic E-state index is 12.5. The second-order valence-corrected chi connectivity index (χ2v) is 8.36. The van der Waals surface area contributed by atoms with Crippen LogP contribution in [0.1, 0.15) is 58.4 Å². The topological polar surface area (TPSA) is 69.7 Å². The first-order chi connectivity index (χ1) is 12.7. The predicted octanol–water partition coefficient (Wildman–Crippen LogP) is 4.12. The number of rotatable bonds is 7. The van der Waals surface area contributed by atoms with Crippen LogP contribution in [0.4, 0.5) is 0 Å². The highest BCUT2D eigenvalue weighted by Gasteiger charge is 2.29. The van der Waals surface area contributed by atoms with Crippen molar-refractivity contribution in [3.05, 3.63) is 29.8 Å². The minimum absolute atomic E-state index is 0.0938. The molecular weight excluding hydrogens is 344 g/mol. The van der Waals surface area contributed by atoms with Gasteiger partial charge in [-0.2, -0.15) is 0 Å². The average molecular weight is 374 g/mol. The van der Waals surface area contributed by atoms with Crippen molar-refractivity contribution in [2.24, 2.45) is 17.3 Å². The van der Waals surface area contributed by atoms with E-state index >= 15 is 0 Å². The zero-order valence-corrected chi connectivity index (χ0v) is 16.7. The number of hydrogen-bond acceptors (Lipinski definition) is 5. The van der Waals surface area contributed by atoms with Gasteiger partial charge in [0.05, 0.1) is 18.4 Å². The van der Waals surface area contributed by atoms with Crippen molar-refractivity contribution in [2.75, 3.05) is 7.11 Å². The summed E-state index contributed by atoms with van der Waals surface area (Å²) in [5.74, 6) is -0.411. The predicted molar refractivity (Wildman–Crippen MR) is 102 cm³/mol. The van der Waals surface area contributed by atoms with Gasteiger partial charge in [-0.3, -0.25) is 14.4 Å². The number of carbonyl (C=O) groups excluding carboxylic acids is 3. The van der Waals surface area contributed by atoms with E-state index in [9.17, 15) is 14.4 Å². The Morgan fingerprint density at radius 1 is 1.07 bits per heavy atom. The molecule has 0 heterocycles. The largest absolute Gasteiger partial charge is 0.469 e. The Morgan fingerprint density at radius 2 is 1.67 bits per heavy atom. The van der Waals surface area contributed by atoms with E-state index in [4.69, 9.17) is 9.47 Å². The quantitative estimate of drug-likeness (QED) is 0.530. The first-order valence-electron chi connectivity index (χ1n) is 9.62. The second kappa shape index (κ2) is 9.16. The van der Waals surface area contributed by atoms with Crippen molar-refractivity contribution in [1.29, 1.82) is 0 Å². The molecule has 0 spiro atoms. The summed E-state index contributed by atoms with van der Waals surface area (Å²) in [4.78, 5) is 36.6. The van der Waals surface area contributed by atoms with Gasteiger partial charge >= 0.3 is 11.9 Å². The summed E-state index contributed by atoms with van der Waals surface area (Å²) in [6.45, 7) is 5.39. The number of ether oxygens (including phenoxy) is 2. The zero-order valence-electron chi connectivity index (χ0n) is 16.7. The fourth-order valence-electron chi connectivity index (χ4n) is 3.30. The van der Waals surface area contributed by atoms with Crippen LogP contribution < -0.4 is 4.74 Å². The zero-order chi connectivity index (χ0) is 20.0. The number of methoxy groups -OCH3 is 1. The summed E-state index contributed by atoms with van der Waals surface area (Å²) in [5, 5.41) is 0. The summed E-state index contributed by atoms with van der Waals surface area (Å²) in [5.41, 5.74) is 0.329. The summed E-state index contributed by atoms with van der Waals surface area (Å²) >= 11 is 0. The van der Waals surface area contributed by atoms with Crippen LogP contribution >= 0.6 is 0 Å². The summed E-state index contributed by atoms with van der Waals surface area (Å²) in [7, 11) is 1.35. The number of benzene rings is 1. The van der Waals surface area contributed by atoms with Crippen LogP contribution in [0, 0.1) is 17.3 Å². The molecule has 0 aromatic heterocycles. The van der Waals surface area contributed by atoms with Gasteiger partial charge in [-0.05, 0) is 57.7 Å². The first-order valence-corrected chi connectivity index (χ1v) is 9.62. The lowest BCUT2D eigenvalue weighted by Gasteiger charge is -2.18. The number of Topliss-reactive ketones (excluding diaryl/α,β-unsaturated/α-hetero) is 1. The summed E-state index contributed by atoms with van der Waals surface area (Å²) in [6, 6.07) is 7.07. The molecule has 1 atom stereocenters. The molecule has 1 aliphatic rings. The molecule has 0 saturated heterocycles. The van der Waals surface area contributed by atoms with Gasteiger partial charge in [0, 0.05) is 12.3 Å². The van der Waals surface area contributed by atoms with Crippen molar-refractivity contribution < 1.29 is 23.9 Å². The maximum Gasteiger partial charge on any atom is 0.316 e. The third-order valence-electron chi connectivity index (χ3n) is 5.02. The van der Waals surface area contributed by atoms with Crippen molar-refractivity contribution in [2.45, 2.75) is 59.3 Å². The van der Waals surface area contributed by atoms with Gasteiger partial charge in [0.15, 0.2) is 0 Å². The minimum atomic E-state index is -0.574. The highest BCUT2D eigenvalue weighted by atomic mass is 16.5. The molecule has 0 aliphatic heterocycles. The van der Waals surface area contributed by atoms with E-state index < -0.39 is 11.3 Å². The van der Waals surface area contributed by atoms with Gasteiger partial charge in [0.25, 0.3) is 0 Å². The van der Waals surface area contributed by atoms with Crippen molar-refractivity contribution in [3.63, 3.8) is 0 Å². The molecule has 0 bridgehead atoms.